The van der Waals surface area contributed by atoms with E-state index in [1.165, 1.54) is 25.7 Å². The number of rotatable bonds is 13. The molecule has 0 aliphatic carbocycles. The summed E-state index contributed by atoms with van der Waals surface area (Å²) in [7, 11) is -3.93. The number of phosphoric acid groups is 1. The highest BCUT2D eigenvalue weighted by Gasteiger charge is 2.33. The predicted molar refractivity (Wildman–Crippen MR) is 149 cm³/mol. The Kier molecular flexibility index (Phi) is 12.8. The standard InChI is InChI=1S/C21H21O4P.C9H18O2/c1-16-4-10-19(11-5-16)23-26(22,24-20-12-6-17(2)7-13-20)25-21-14-8-18(3)9-15-21;1-2-3-4-5-6-7-8-9(10)11/h4-15H,1-3H3;2-8H2,1H3,(H,10,11). The average molecular weight is 527 g/mol. The van der Waals surface area contributed by atoms with Crippen LogP contribution in [0.2, 0.25) is 0 Å². The first kappa shape index (κ1) is 30.0. The van der Waals surface area contributed by atoms with Gasteiger partial charge >= 0.3 is 13.8 Å². The maximum absolute atomic E-state index is 13.3. The second-order valence-corrected chi connectivity index (χ2v) is 10.5. The number of hydrogen-bond donors (Lipinski definition) is 1. The molecule has 3 rings (SSSR count). The van der Waals surface area contributed by atoms with Gasteiger partial charge in [-0.25, -0.2) is 0 Å². The molecule has 0 aliphatic heterocycles. The summed E-state index contributed by atoms with van der Waals surface area (Å²) < 4.78 is 30.2. The lowest BCUT2D eigenvalue weighted by atomic mass is 10.1. The molecular formula is C30H39O6P. The fourth-order valence-corrected chi connectivity index (χ4v) is 4.55. The summed E-state index contributed by atoms with van der Waals surface area (Å²) in [5.74, 6) is 0.579. The van der Waals surface area contributed by atoms with Crippen LogP contribution in [0.1, 0.15) is 68.6 Å². The zero-order valence-corrected chi connectivity index (χ0v) is 23.2. The van der Waals surface area contributed by atoms with Crippen LogP contribution < -0.4 is 13.6 Å². The van der Waals surface area contributed by atoms with Crippen molar-refractivity contribution in [3.8, 4) is 17.2 Å². The smallest absolute Gasteiger partial charge is 0.481 e. The van der Waals surface area contributed by atoms with E-state index >= 15 is 0 Å². The largest absolute Gasteiger partial charge is 0.647 e. The van der Waals surface area contributed by atoms with Gasteiger partial charge in [0.2, 0.25) is 0 Å². The van der Waals surface area contributed by atoms with Crippen LogP contribution in [0.4, 0.5) is 0 Å². The molecule has 0 saturated heterocycles. The molecule has 0 fully saturated rings. The van der Waals surface area contributed by atoms with Crippen molar-refractivity contribution in [3.05, 3.63) is 89.5 Å². The van der Waals surface area contributed by atoms with Crippen LogP contribution in [0.15, 0.2) is 72.8 Å². The van der Waals surface area contributed by atoms with Gasteiger partial charge < -0.3 is 18.7 Å². The SMILES string of the molecule is CCCCCCCCC(=O)O.Cc1ccc(OP(=O)(Oc2ccc(C)cc2)Oc2ccc(C)cc2)cc1. The van der Waals surface area contributed by atoms with Crippen LogP contribution in [0.3, 0.4) is 0 Å². The van der Waals surface area contributed by atoms with Gasteiger partial charge in [-0.05, 0) is 63.6 Å². The van der Waals surface area contributed by atoms with E-state index in [1.54, 1.807) is 36.4 Å². The minimum absolute atomic E-state index is 0.339. The number of carboxylic acid groups (broad SMARTS) is 1. The second kappa shape index (κ2) is 15.8. The Morgan fingerprint density at radius 1 is 0.622 bits per heavy atom. The van der Waals surface area contributed by atoms with Crippen LogP contribution in [0, 0.1) is 20.8 Å². The first-order valence-electron chi connectivity index (χ1n) is 12.8. The van der Waals surface area contributed by atoms with Crippen molar-refractivity contribution < 1.29 is 28.0 Å². The number of aryl methyl sites for hydroxylation is 3. The van der Waals surface area contributed by atoms with Crippen molar-refractivity contribution in [3.63, 3.8) is 0 Å². The minimum atomic E-state index is -3.93. The van der Waals surface area contributed by atoms with Gasteiger partial charge in [-0.2, -0.15) is 4.57 Å². The zero-order valence-electron chi connectivity index (χ0n) is 22.3. The lowest BCUT2D eigenvalue weighted by Crippen LogP contribution is -2.07. The molecule has 6 nitrogen and oxygen atoms in total. The number of carboxylic acids is 1. The molecule has 37 heavy (non-hydrogen) atoms. The Hall–Kier alpha value is -3.24. The van der Waals surface area contributed by atoms with Crippen molar-refractivity contribution in [2.45, 2.75) is 72.6 Å². The Morgan fingerprint density at radius 2 is 0.946 bits per heavy atom. The lowest BCUT2D eigenvalue weighted by molar-refractivity contribution is -0.137. The van der Waals surface area contributed by atoms with Crippen LogP contribution in [0.25, 0.3) is 0 Å². The van der Waals surface area contributed by atoms with E-state index in [0.717, 1.165) is 29.5 Å². The fourth-order valence-electron chi connectivity index (χ4n) is 3.30. The molecule has 7 heteroatoms. The van der Waals surface area contributed by atoms with E-state index in [9.17, 15) is 9.36 Å². The predicted octanol–water partition coefficient (Wildman–Crippen LogP) is 9.08. The van der Waals surface area contributed by atoms with Gasteiger partial charge in [-0.3, -0.25) is 4.79 Å². The van der Waals surface area contributed by atoms with Gasteiger partial charge in [-0.1, -0.05) is 92.1 Å². The highest BCUT2D eigenvalue weighted by atomic mass is 31.2. The molecule has 1 N–H and O–H groups in total. The highest BCUT2D eigenvalue weighted by molar-refractivity contribution is 7.49. The molecule has 0 spiro atoms. The van der Waals surface area contributed by atoms with Gasteiger partial charge in [0.25, 0.3) is 0 Å². The number of phosphoric ester groups is 1. The topological polar surface area (TPSA) is 82.1 Å². The summed E-state index contributed by atoms with van der Waals surface area (Å²) in [6.45, 7) is 8.08. The third-order valence-corrected chi connectivity index (χ3v) is 6.76. The molecule has 200 valence electrons. The van der Waals surface area contributed by atoms with Crippen LogP contribution >= 0.6 is 7.82 Å². The molecule has 0 aliphatic rings. The molecule has 0 unspecified atom stereocenters. The fraction of sp³-hybridized carbons (Fsp3) is 0.367. The van der Waals surface area contributed by atoms with Gasteiger partial charge in [0.05, 0.1) is 0 Å². The summed E-state index contributed by atoms with van der Waals surface area (Å²) in [6.07, 6.45) is 7.25. The Morgan fingerprint density at radius 3 is 1.27 bits per heavy atom. The maximum Gasteiger partial charge on any atom is 0.647 e. The van der Waals surface area contributed by atoms with Gasteiger partial charge in [0.1, 0.15) is 17.2 Å². The number of benzene rings is 3. The number of aliphatic carboxylic acids is 1. The molecular weight excluding hydrogens is 487 g/mol. The monoisotopic (exact) mass is 526 g/mol. The van der Waals surface area contributed by atoms with Gasteiger partial charge in [-0.15, -0.1) is 0 Å². The van der Waals surface area contributed by atoms with E-state index < -0.39 is 13.8 Å². The zero-order chi connectivity index (χ0) is 27.1. The number of carbonyl (C=O) groups is 1. The van der Waals surface area contributed by atoms with E-state index in [1.807, 2.05) is 57.2 Å². The molecule has 0 atom stereocenters. The molecule has 0 bridgehead atoms. The molecule has 3 aromatic rings. The quantitative estimate of drug-likeness (QED) is 0.177. The van der Waals surface area contributed by atoms with Crippen molar-refractivity contribution in [1.29, 1.82) is 0 Å². The van der Waals surface area contributed by atoms with Gasteiger partial charge in [0.15, 0.2) is 0 Å². The van der Waals surface area contributed by atoms with E-state index in [2.05, 4.69) is 6.92 Å². The molecule has 3 aromatic carbocycles. The Bertz CT molecular complexity index is 986. The van der Waals surface area contributed by atoms with Crippen LogP contribution in [-0.4, -0.2) is 11.1 Å². The van der Waals surface area contributed by atoms with E-state index in [-0.39, 0.29) is 0 Å². The third kappa shape index (κ3) is 12.5. The minimum Gasteiger partial charge on any atom is -0.481 e. The van der Waals surface area contributed by atoms with E-state index in [0.29, 0.717) is 23.7 Å². The van der Waals surface area contributed by atoms with Crippen LogP contribution in [0.5, 0.6) is 17.2 Å². The molecule has 0 saturated carbocycles. The number of hydrogen-bond acceptors (Lipinski definition) is 5. The van der Waals surface area contributed by atoms with Crippen LogP contribution in [-0.2, 0) is 9.36 Å². The summed E-state index contributed by atoms with van der Waals surface area (Å²) >= 11 is 0. The summed E-state index contributed by atoms with van der Waals surface area (Å²) in [4.78, 5) is 10.1. The third-order valence-electron chi connectivity index (χ3n) is 5.46. The Labute approximate surface area is 221 Å². The normalized spacial score (nSPS) is 10.7. The van der Waals surface area contributed by atoms with Crippen molar-refractivity contribution in [2.75, 3.05) is 0 Å². The second-order valence-electron chi connectivity index (χ2n) is 9.07. The van der Waals surface area contributed by atoms with Gasteiger partial charge in [0, 0.05) is 6.42 Å². The summed E-state index contributed by atoms with van der Waals surface area (Å²) in [6, 6.07) is 21.6. The van der Waals surface area contributed by atoms with E-state index in [4.69, 9.17) is 18.7 Å². The molecule has 0 aromatic heterocycles. The maximum atomic E-state index is 13.3. The first-order valence-corrected chi connectivity index (χ1v) is 14.3. The summed E-state index contributed by atoms with van der Waals surface area (Å²) in [5.41, 5.74) is 3.23. The van der Waals surface area contributed by atoms with Crippen molar-refractivity contribution >= 4 is 13.8 Å². The highest BCUT2D eigenvalue weighted by Crippen LogP contribution is 2.49. The average Bonchev–Trinajstić information content (AvgIpc) is 2.86. The molecule has 0 heterocycles. The first-order chi connectivity index (χ1) is 17.7. The Balaban J connectivity index is 0.000000371. The molecule has 0 radical (unpaired) electrons. The number of unbranched alkanes of at least 4 members (excludes halogenated alkanes) is 5. The van der Waals surface area contributed by atoms with Crippen molar-refractivity contribution in [1.82, 2.24) is 0 Å². The summed E-state index contributed by atoms with van der Waals surface area (Å²) in [5, 5.41) is 8.32. The lowest BCUT2D eigenvalue weighted by Gasteiger charge is -2.19. The molecule has 0 amide bonds. The van der Waals surface area contributed by atoms with Crippen molar-refractivity contribution in [2.24, 2.45) is 0 Å².